The van der Waals surface area contributed by atoms with Crippen LogP contribution in [0.15, 0.2) is 42.5 Å². The summed E-state index contributed by atoms with van der Waals surface area (Å²) in [5, 5.41) is 0. The van der Waals surface area contributed by atoms with Crippen molar-refractivity contribution in [2.24, 2.45) is 5.92 Å². The third kappa shape index (κ3) is 2.80. The molecule has 3 rings (SSSR count). The van der Waals surface area contributed by atoms with Gasteiger partial charge in [0.25, 0.3) is 0 Å². The Morgan fingerprint density at radius 2 is 1.89 bits per heavy atom. The Bertz CT molecular complexity index is 461. The molecule has 3 nitrogen and oxygen atoms in total. The molecule has 3 heteroatoms. The van der Waals surface area contributed by atoms with E-state index in [-0.39, 0.29) is 12.0 Å². The Balaban J connectivity index is 1.54. The maximum Gasteiger partial charge on any atom is 0.226 e. The number of para-hydroxylation sites is 1. The predicted octanol–water partition coefficient (Wildman–Crippen LogP) is 2.63. The third-order valence-corrected chi connectivity index (χ3v) is 3.86. The maximum atomic E-state index is 12.3. The lowest BCUT2D eigenvalue weighted by Crippen LogP contribution is -2.35. The highest BCUT2D eigenvalue weighted by molar-refractivity contribution is 5.80. The quantitative estimate of drug-likeness (QED) is 0.779. The number of rotatable bonds is 3. The van der Waals surface area contributed by atoms with Crippen molar-refractivity contribution in [1.29, 1.82) is 0 Å². The van der Waals surface area contributed by atoms with Crippen LogP contribution in [-0.4, -0.2) is 30.0 Å². The molecule has 0 aromatic heterocycles. The molecule has 1 fully saturated rings. The fourth-order valence-corrected chi connectivity index (χ4v) is 2.79. The van der Waals surface area contributed by atoms with Crippen molar-refractivity contribution in [1.82, 2.24) is 4.90 Å². The van der Waals surface area contributed by atoms with Crippen LogP contribution in [0.3, 0.4) is 0 Å². The van der Waals surface area contributed by atoms with Gasteiger partial charge in [0.2, 0.25) is 5.91 Å². The largest absolute Gasteiger partial charge is 0.489 e. The summed E-state index contributed by atoms with van der Waals surface area (Å²) in [5.41, 5.74) is 0. The fraction of sp³-hybridized carbons (Fsp3) is 0.438. The van der Waals surface area contributed by atoms with E-state index in [2.05, 4.69) is 12.2 Å². The Hall–Kier alpha value is -1.77. The van der Waals surface area contributed by atoms with E-state index >= 15 is 0 Å². The maximum absolute atomic E-state index is 12.3. The number of ether oxygens (including phenoxy) is 1. The topological polar surface area (TPSA) is 29.5 Å². The summed E-state index contributed by atoms with van der Waals surface area (Å²) in [4.78, 5) is 14.2. The average Bonchev–Trinajstić information content (AvgIpc) is 3.10. The minimum atomic E-state index is 0.140. The lowest BCUT2D eigenvalue weighted by Gasteiger charge is -2.20. The van der Waals surface area contributed by atoms with Crippen LogP contribution in [0.4, 0.5) is 0 Å². The molecule has 1 amide bonds. The van der Waals surface area contributed by atoms with Gasteiger partial charge in [-0.05, 0) is 25.0 Å². The number of hydrogen-bond acceptors (Lipinski definition) is 2. The average molecular weight is 257 g/mol. The number of hydrogen-bond donors (Lipinski definition) is 0. The smallest absolute Gasteiger partial charge is 0.226 e. The van der Waals surface area contributed by atoms with Gasteiger partial charge in [-0.25, -0.2) is 0 Å². The van der Waals surface area contributed by atoms with Crippen molar-refractivity contribution in [3.05, 3.63) is 42.5 Å². The van der Waals surface area contributed by atoms with Crippen LogP contribution >= 0.6 is 0 Å². The van der Waals surface area contributed by atoms with E-state index in [1.165, 1.54) is 0 Å². The Morgan fingerprint density at radius 3 is 2.63 bits per heavy atom. The van der Waals surface area contributed by atoms with Gasteiger partial charge in [0.05, 0.1) is 6.54 Å². The number of likely N-dealkylation sites (tertiary alicyclic amines) is 1. The fourth-order valence-electron chi connectivity index (χ4n) is 2.79. The Kier molecular flexibility index (Phi) is 3.53. The van der Waals surface area contributed by atoms with Crippen LogP contribution < -0.4 is 4.74 Å². The molecule has 1 saturated heterocycles. The van der Waals surface area contributed by atoms with Crippen molar-refractivity contribution in [2.45, 2.75) is 25.4 Å². The molecule has 0 radical (unpaired) electrons. The molecular weight excluding hydrogens is 238 g/mol. The molecule has 2 aliphatic rings. The second kappa shape index (κ2) is 5.47. The number of nitrogens with zero attached hydrogens (tertiary/aromatic N) is 1. The van der Waals surface area contributed by atoms with Crippen molar-refractivity contribution in [2.75, 3.05) is 13.1 Å². The summed E-state index contributed by atoms with van der Waals surface area (Å²) in [6.45, 7) is 1.55. The number of amides is 1. The molecule has 0 unspecified atom stereocenters. The summed E-state index contributed by atoms with van der Waals surface area (Å²) in [5.74, 6) is 1.36. The molecular formula is C16H19NO2. The molecule has 1 aromatic rings. The van der Waals surface area contributed by atoms with Crippen LogP contribution in [0.25, 0.3) is 0 Å². The van der Waals surface area contributed by atoms with Gasteiger partial charge in [0.15, 0.2) is 0 Å². The van der Waals surface area contributed by atoms with E-state index in [9.17, 15) is 4.79 Å². The van der Waals surface area contributed by atoms with Crippen molar-refractivity contribution >= 4 is 5.91 Å². The lowest BCUT2D eigenvalue weighted by atomic mass is 10.1. The van der Waals surface area contributed by atoms with Gasteiger partial charge in [-0.2, -0.15) is 0 Å². The molecule has 1 heterocycles. The van der Waals surface area contributed by atoms with E-state index in [0.29, 0.717) is 5.91 Å². The summed E-state index contributed by atoms with van der Waals surface area (Å²) in [6, 6.07) is 9.84. The molecule has 100 valence electrons. The summed E-state index contributed by atoms with van der Waals surface area (Å²) >= 11 is 0. The molecule has 1 aromatic carbocycles. The Morgan fingerprint density at radius 1 is 1.16 bits per heavy atom. The van der Waals surface area contributed by atoms with E-state index in [1.54, 1.807) is 0 Å². The number of carbonyl (C=O) groups is 1. The lowest BCUT2D eigenvalue weighted by molar-refractivity contribution is -0.134. The zero-order valence-electron chi connectivity index (χ0n) is 11.0. The molecule has 0 N–H and O–H groups in total. The van der Waals surface area contributed by atoms with Crippen LogP contribution in [0.1, 0.15) is 19.3 Å². The van der Waals surface area contributed by atoms with Crippen LogP contribution in [0, 0.1) is 5.92 Å². The SMILES string of the molecule is O=C(C1CC=CC1)N1CC[C@@H](Oc2ccccc2)C1. The first kappa shape index (κ1) is 12.3. The zero-order valence-corrected chi connectivity index (χ0v) is 11.0. The molecule has 1 aliphatic heterocycles. The van der Waals surface area contributed by atoms with Gasteiger partial charge >= 0.3 is 0 Å². The van der Waals surface area contributed by atoms with Gasteiger partial charge in [0.1, 0.15) is 11.9 Å². The molecule has 1 atom stereocenters. The standard InChI is InChI=1S/C16H19NO2/c18-16(13-6-4-5-7-13)17-11-10-15(12-17)19-14-8-2-1-3-9-14/h1-5,8-9,13,15H,6-7,10-12H2/t15-/m1/s1. The summed E-state index contributed by atoms with van der Waals surface area (Å²) in [7, 11) is 0. The highest BCUT2D eigenvalue weighted by Gasteiger charge is 2.31. The second-order valence-corrected chi connectivity index (χ2v) is 5.27. The molecule has 0 bridgehead atoms. The van der Waals surface area contributed by atoms with E-state index in [4.69, 9.17) is 4.74 Å². The zero-order chi connectivity index (χ0) is 13.1. The second-order valence-electron chi connectivity index (χ2n) is 5.27. The van der Waals surface area contributed by atoms with Crippen molar-refractivity contribution in [3.63, 3.8) is 0 Å². The Labute approximate surface area is 113 Å². The molecule has 0 saturated carbocycles. The van der Waals surface area contributed by atoms with Crippen LogP contribution in [0.5, 0.6) is 5.75 Å². The van der Waals surface area contributed by atoms with E-state index < -0.39 is 0 Å². The van der Waals surface area contributed by atoms with Gasteiger partial charge < -0.3 is 9.64 Å². The summed E-state index contributed by atoms with van der Waals surface area (Å²) in [6.07, 6.45) is 7.09. The number of benzene rings is 1. The van der Waals surface area contributed by atoms with Gasteiger partial charge in [-0.15, -0.1) is 0 Å². The normalized spacial score (nSPS) is 22.9. The number of allylic oxidation sites excluding steroid dienone is 2. The first-order valence-corrected chi connectivity index (χ1v) is 6.98. The van der Waals surface area contributed by atoms with Gasteiger partial charge in [-0.1, -0.05) is 30.4 Å². The highest BCUT2D eigenvalue weighted by Crippen LogP contribution is 2.24. The highest BCUT2D eigenvalue weighted by atomic mass is 16.5. The predicted molar refractivity (Wildman–Crippen MR) is 73.9 cm³/mol. The minimum Gasteiger partial charge on any atom is -0.489 e. The van der Waals surface area contributed by atoms with Crippen LogP contribution in [0.2, 0.25) is 0 Å². The third-order valence-electron chi connectivity index (χ3n) is 3.86. The number of carbonyl (C=O) groups excluding carboxylic acids is 1. The van der Waals surface area contributed by atoms with Gasteiger partial charge in [-0.3, -0.25) is 4.79 Å². The first-order valence-electron chi connectivity index (χ1n) is 6.98. The molecule has 19 heavy (non-hydrogen) atoms. The monoisotopic (exact) mass is 257 g/mol. The summed E-state index contributed by atoms with van der Waals surface area (Å²) < 4.78 is 5.91. The van der Waals surface area contributed by atoms with Crippen molar-refractivity contribution in [3.8, 4) is 5.75 Å². The van der Waals surface area contributed by atoms with Crippen LogP contribution in [-0.2, 0) is 4.79 Å². The van der Waals surface area contributed by atoms with E-state index in [0.717, 1.165) is 38.1 Å². The van der Waals surface area contributed by atoms with Crippen molar-refractivity contribution < 1.29 is 9.53 Å². The molecule has 1 aliphatic carbocycles. The molecule has 0 spiro atoms. The van der Waals surface area contributed by atoms with E-state index in [1.807, 2.05) is 35.2 Å². The first-order chi connectivity index (χ1) is 9.33. The minimum absolute atomic E-state index is 0.140. The van der Waals surface area contributed by atoms with Gasteiger partial charge in [0, 0.05) is 18.9 Å².